The van der Waals surface area contributed by atoms with Crippen molar-refractivity contribution in [3.8, 4) is 0 Å². The van der Waals surface area contributed by atoms with E-state index in [1.807, 2.05) is 12.1 Å². The molecule has 82 valence electrons. The van der Waals surface area contributed by atoms with Crippen molar-refractivity contribution < 1.29 is 9.53 Å². The van der Waals surface area contributed by atoms with Crippen LogP contribution in [0.1, 0.15) is 18.9 Å². The molecule has 1 aromatic carbocycles. The Balaban J connectivity index is 2.54. The van der Waals surface area contributed by atoms with Crippen LogP contribution in [0.4, 0.5) is 11.4 Å². The summed E-state index contributed by atoms with van der Waals surface area (Å²) in [5, 5.41) is 0. The van der Waals surface area contributed by atoms with Gasteiger partial charge in [-0.15, -0.1) is 0 Å². The number of benzene rings is 1. The number of ether oxygens (including phenoxy) is 1. The van der Waals surface area contributed by atoms with Crippen LogP contribution in [-0.2, 0) is 16.0 Å². The molecule has 15 heavy (non-hydrogen) atoms. The monoisotopic (exact) mass is 208 g/mol. The van der Waals surface area contributed by atoms with E-state index in [4.69, 9.17) is 16.2 Å². The number of nitrogens with two attached hydrogens (primary N) is 2. The number of hydrogen-bond acceptors (Lipinski definition) is 4. The summed E-state index contributed by atoms with van der Waals surface area (Å²) in [4.78, 5) is 11.1. The first-order valence-electron chi connectivity index (χ1n) is 4.92. The zero-order valence-electron chi connectivity index (χ0n) is 8.82. The van der Waals surface area contributed by atoms with E-state index in [2.05, 4.69) is 0 Å². The third-order valence-electron chi connectivity index (χ3n) is 1.96. The Hall–Kier alpha value is -1.71. The van der Waals surface area contributed by atoms with Crippen molar-refractivity contribution >= 4 is 17.3 Å². The average molecular weight is 208 g/mol. The molecule has 0 amide bonds. The van der Waals surface area contributed by atoms with Crippen molar-refractivity contribution in [1.29, 1.82) is 0 Å². The van der Waals surface area contributed by atoms with Crippen LogP contribution in [0.5, 0.6) is 0 Å². The molecule has 0 aliphatic heterocycles. The van der Waals surface area contributed by atoms with Crippen LogP contribution in [0.25, 0.3) is 0 Å². The van der Waals surface area contributed by atoms with Crippen LogP contribution >= 0.6 is 0 Å². The van der Waals surface area contributed by atoms with Crippen molar-refractivity contribution in [1.82, 2.24) is 0 Å². The molecule has 0 spiro atoms. The average Bonchev–Trinajstić information content (AvgIpc) is 2.14. The lowest BCUT2D eigenvalue weighted by Gasteiger charge is -2.04. The maximum atomic E-state index is 11.1. The number of nitrogen functional groups attached to an aromatic ring is 2. The Morgan fingerprint density at radius 3 is 2.40 bits per heavy atom. The van der Waals surface area contributed by atoms with E-state index in [1.54, 1.807) is 13.0 Å². The Labute approximate surface area is 89.2 Å². The van der Waals surface area contributed by atoms with Crippen molar-refractivity contribution in [2.75, 3.05) is 18.1 Å². The highest BCUT2D eigenvalue weighted by atomic mass is 16.5. The van der Waals surface area contributed by atoms with Crippen molar-refractivity contribution in [2.24, 2.45) is 0 Å². The summed E-state index contributed by atoms with van der Waals surface area (Å²) in [7, 11) is 0. The predicted molar refractivity (Wildman–Crippen MR) is 60.2 cm³/mol. The molecule has 4 nitrogen and oxygen atoms in total. The van der Waals surface area contributed by atoms with Gasteiger partial charge in [0.05, 0.1) is 6.61 Å². The van der Waals surface area contributed by atoms with Gasteiger partial charge in [0.25, 0.3) is 0 Å². The van der Waals surface area contributed by atoms with Crippen LogP contribution in [0.15, 0.2) is 18.2 Å². The first kappa shape index (κ1) is 11.4. The van der Waals surface area contributed by atoms with Gasteiger partial charge in [-0.2, -0.15) is 0 Å². The van der Waals surface area contributed by atoms with Gasteiger partial charge < -0.3 is 16.2 Å². The summed E-state index contributed by atoms with van der Waals surface area (Å²) in [6.45, 7) is 2.20. The lowest BCUT2D eigenvalue weighted by molar-refractivity contribution is -0.143. The van der Waals surface area contributed by atoms with E-state index >= 15 is 0 Å². The lowest BCUT2D eigenvalue weighted by Crippen LogP contribution is -2.05. The van der Waals surface area contributed by atoms with Crippen LogP contribution < -0.4 is 11.5 Å². The molecule has 0 bridgehead atoms. The summed E-state index contributed by atoms with van der Waals surface area (Å²) in [6, 6.07) is 5.32. The van der Waals surface area contributed by atoms with E-state index in [1.165, 1.54) is 0 Å². The molecule has 4 heteroatoms. The summed E-state index contributed by atoms with van der Waals surface area (Å²) in [5.74, 6) is -0.196. The lowest BCUT2D eigenvalue weighted by atomic mass is 10.1. The molecule has 0 heterocycles. The quantitative estimate of drug-likeness (QED) is 0.578. The molecule has 0 radical (unpaired) electrons. The highest BCUT2D eigenvalue weighted by Gasteiger charge is 2.03. The predicted octanol–water partition coefficient (Wildman–Crippen LogP) is 1.35. The number of rotatable bonds is 4. The van der Waals surface area contributed by atoms with Crippen LogP contribution in [0.2, 0.25) is 0 Å². The second-order valence-corrected chi connectivity index (χ2v) is 3.31. The second kappa shape index (κ2) is 5.24. The molecular formula is C11H16N2O2. The first-order valence-corrected chi connectivity index (χ1v) is 4.92. The fraction of sp³-hybridized carbons (Fsp3) is 0.364. The van der Waals surface area contributed by atoms with Crippen LogP contribution in [0.3, 0.4) is 0 Å². The van der Waals surface area contributed by atoms with Gasteiger partial charge in [-0.3, -0.25) is 4.79 Å². The minimum absolute atomic E-state index is 0.196. The van der Waals surface area contributed by atoms with Crippen LogP contribution in [0, 0.1) is 0 Å². The topological polar surface area (TPSA) is 78.3 Å². The molecule has 0 fully saturated rings. The molecule has 0 saturated carbocycles. The first-order chi connectivity index (χ1) is 7.11. The zero-order valence-corrected chi connectivity index (χ0v) is 8.82. The van der Waals surface area contributed by atoms with Gasteiger partial charge in [-0.05, 0) is 37.1 Å². The zero-order chi connectivity index (χ0) is 11.3. The Morgan fingerprint density at radius 1 is 1.27 bits per heavy atom. The summed E-state index contributed by atoms with van der Waals surface area (Å²) in [6.07, 6.45) is 0.963. The normalized spacial score (nSPS) is 9.93. The second-order valence-electron chi connectivity index (χ2n) is 3.31. The SMILES string of the molecule is CCOC(=O)CCc1cc(N)cc(N)c1. The van der Waals surface area contributed by atoms with Crippen LogP contribution in [-0.4, -0.2) is 12.6 Å². The van der Waals surface area contributed by atoms with E-state index in [0.717, 1.165) is 5.56 Å². The number of anilines is 2. The molecule has 0 unspecified atom stereocenters. The van der Waals surface area contributed by atoms with Crippen molar-refractivity contribution in [2.45, 2.75) is 19.8 Å². The molecular weight excluding hydrogens is 192 g/mol. The molecule has 0 aliphatic carbocycles. The minimum Gasteiger partial charge on any atom is -0.466 e. The van der Waals surface area contributed by atoms with E-state index in [-0.39, 0.29) is 5.97 Å². The van der Waals surface area contributed by atoms with E-state index in [9.17, 15) is 4.79 Å². The van der Waals surface area contributed by atoms with E-state index in [0.29, 0.717) is 30.8 Å². The molecule has 1 aromatic rings. The van der Waals surface area contributed by atoms with Gasteiger partial charge in [-0.1, -0.05) is 0 Å². The fourth-order valence-corrected chi connectivity index (χ4v) is 1.37. The van der Waals surface area contributed by atoms with Crippen molar-refractivity contribution in [3.05, 3.63) is 23.8 Å². The molecule has 0 aromatic heterocycles. The fourth-order valence-electron chi connectivity index (χ4n) is 1.37. The summed E-state index contributed by atoms with van der Waals surface area (Å²) >= 11 is 0. The molecule has 0 aliphatic rings. The van der Waals surface area contributed by atoms with Gasteiger partial charge in [-0.25, -0.2) is 0 Å². The third kappa shape index (κ3) is 3.89. The van der Waals surface area contributed by atoms with Gasteiger partial charge in [0.1, 0.15) is 0 Å². The van der Waals surface area contributed by atoms with Gasteiger partial charge in [0, 0.05) is 17.8 Å². The number of esters is 1. The van der Waals surface area contributed by atoms with Gasteiger partial charge >= 0.3 is 5.97 Å². The maximum Gasteiger partial charge on any atom is 0.306 e. The number of hydrogen-bond donors (Lipinski definition) is 2. The third-order valence-corrected chi connectivity index (χ3v) is 1.96. The molecule has 0 atom stereocenters. The Bertz CT molecular complexity index is 330. The number of carbonyl (C=O) groups is 1. The van der Waals surface area contributed by atoms with Gasteiger partial charge in [0.15, 0.2) is 0 Å². The highest BCUT2D eigenvalue weighted by molar-refractivity contribution is 5.70. The van der Waals surface area contributed by atoms with E-state index < -0.39 is 0 Å². The minimum atomic E-state index is -0.196. The largest absolute Gasteiger partial charge is 0.466 e. The highest BCUT2D eigenvalue weighted by Crippen LogP contribution is 2.15. The number of aryl methyl sites for hydroxylation is 1. The maximum absolute atomic E-state index is 11.1. The smallest absolute Gasteiger partial charge is 0.306 e. The van der Waals surface area contributed by atoms with Gasteiger partial charge in [0.2, 0.25) is 0 Å². The number of carbonyl (C=O) groups excluding carboxylic acids is 1. The Kier molecular flexibility index (Phi) is 3.97. The van der Waals surface area contributed by atoms with Crippen molar-refractivity contribution in [3.63, 3.8) is 0 Å². The summed E-state index contributed by atoms with van der Waals surface area (Å²) < 4.78 is 4.82. The molecule has 1 rings (SSSR count). The standard InChI is InChI=1S/C11H16N2O2/c1-2-15-11(14)4-3-8-5-9(12)7-10(13)6-8/h5-7H,2-4,12-13H2,1H3. The Morgan fingerprint density at radius 2 is 1.87 bits per heavy atom. The summed E-state index contributed by atoms with van der Waals surface area (Å²) in [5.41, 5.74) is 13.5. The molecule has 4 N–H and O–H groups in total. The molecule has 0 saturated heterocycles.